The maximum absolute atomic E-state index is 12.0. The zero-order chi connectivity index (χ0) is 13.8. The van der Waals surface area contributed by atoms with Crippen LogP contribution in [0.15, 0.2) is 42.5 Å². The lowest BCUT2D eigenvalue weighted by atomic mass is 10.1. The number of aromatic hydroxyl groups is 2. The second-order valence-electron chi connectivity index (χ2n) is 4.18. The van der Waals surface area contributed by atoms with E-state index >= 15 is 0 Å². The second kappa shape index (κ2) is 5.44. The van der Waals surface area contributed by atoms with E-state index in [4.69, 9.17) is 0 Å². The molecule has 1 amide bonds. The average Bonchev–Trinajstić information content (AvgIpc) is 2.42. The van der Waals surface area contributed by atoms with Gasteiger partial charge in [0.05, 0.1) is 5.56 Å². The summed E-state index contributed by atoms with van der Waals surface area (Å²) in [6, 6.07) is 11.8. The molecule has 98 valence electrons. The molecule has 0 atom stereocenters. The normalized spacial score (nSPS) is 10.2. The van der Waals surface area contributed by atoms with Crippen molar-refractivity contribution in [2.24, 2.45) is 0 Å². The Bertz CT molecular complexity index is 608. The summed E-state index contributed by atoms with van der Waals surface area (Å²) in [7, 11) is 0. The summed E-state index contributed by atoms with van der Waals surface area (Å²) in [5, 5.41) is 21.7. The molecule has 19 heavy (non-hydrogen) atoms. The van der Waals surface area contributed by atoms with Crippen molar-refractivity contribution in [3.05, 3.63) is 53.6 Å². The number of carbonyl (C=O) groups excluding carboxylic acids is 1. The van der Waals surface area contributed by atoms with Crippen molar-refractivity contribution in [1.82, 2.24) is 0 Å². The maximum atomic E-state index is 12.0. The maximum Gasteiger partial charge on any atom is 0.259 e. The van der Waals surface area contributed by atoms with Crippen LogP contribution in [0.1, 0.15) is 22.8 Å². The molecule has 0 fully saturated rings. The predicted molar refractivity (Wildman–Crippen MR) is 73.5 cm³/mol. The fourth-order valence-electron chi connectivity index (χ4n) is 1.78. The minimum atomic E-state index is -0.457. The summed E-state index contributed by atoms with van der Waals surface area (Å²) < 4.78 is 0. The summed E-state index contributed by atoms with van der Waals surface area (Å²) >= 11 is 0. The van der Waals surface area contributed by atoms with E-state index in [-0.39, 0.29) is 11.3 Å². The highest BCUT2D eigenvalue weighted by molar-refractivity contribution is 6.06. The topological polar surface area (TPSA) is 69.6 Å². The van der Waals surface area contributed by atoms with Crippen molar-refractivity contribution in [3.8, 4) is 11.5 Å². The molecule has 0 unspecified atom stereocenters. The molecule has 0 aliphatic carbocycles. The third-order valence-electron chi connectivity index (χ3n) is 2.85. The smallest absolute Gasteiger partial charge is 0.259 e. The molecule has 0 aliphatic rings. The lowest BCUT2D eigenvalue weighted by molar-refractivity contribution is 0.102. The van der Waals surface area contributed by atoms with E-state index < -0.39 is 11.7 Å². The number of rotatable bonds is 3. The molecular weight excluding hydrogens is 242 g/mol. The first-order valence-corrected chi connectivity index (χ1v) is 6.03. The number of hydrogen-bond donors (Lipinski definition) is 3. The van der Waals surface area contributed by atoms with E-state index in [1.165, 1.54) is 18.2 Å². The fraction of sp³-hybridized carbons (Fsp3) is 0.133. The molecule has 0 spiro atoms. The number of nitrogens with one attached hydrogen (secondary N) is 1. The Balaban J connectivity index is 2.23. The zero-order valence-corrected chi connectivity index (χ0v) is 10.6. The highest BCUT2D eigenvalue weighted by Crippen LogP contribution is 2.28. The van der Waals surface area contributed by atoms with E-state index in [1.54, 1.807) is 6.07 Å². The first-order valence-electron chi connectivity index (χ1n) is 6.03. The minimum absolute atomic E-state index is 0.0434. The number of phenols is 2. The standard InChI is InChI=1S/C15H15NO3/c1-2-10-5-3-6-11(9-10)16-15(19)12-7-4-8-13(17)14(12)18/h3-9,17-18H,2H2,1H3,(H,16,19). The van der Waals surface area contributed by atoms with Crippen LogP contribution >= 0.6 is 0 Å². The fourth-order valence-corrected chi connectivity index (χ4v) is 1.78. The van der Waals surface area contributed by atoms with Crippen molar-refractivity contribution < 1.29 is 15.0 Å². The van der Waals surface area contributed by atoms with Crippen LogP contribution in [-0.2, 0) is 6.42 Å². The summed E-state index contributed by atoms with van der Waals surface area (Å²) in [5.41, 5.74) is 1.81. The molecule has 0 saturated carbocycles. The van der Waals surface area contributed by atoms with Crippen LogP contribution in [0.5, 0.6) is 11.5 Å². The summed E-state index contributed by atoms with van der Waals surface area (Å²) in [6.45, 7) is 2.03. The summed E-state index contributed by atoms with van der Waals surface area (Å²) in [6.07, 6.45) is 0.876. The molecule has 4 nitrogen and oxygen atoms in total. The molecular formula is C15H15NO3. The Morgan fingerprint density at radius 3 is 2.63 bits per heavy atom. The van der Waals surface area contributed by atoms with E-state index in [0.29, 0.717) is 5.69 Å². The van der Waals surface area contributed by atoms with Crippen LogP contribution in [0, 0.1) is 0 Å². The molecule has 2 rings (SSSR count). The lowest BCUT2D eigenvalue weighted by Gasteiger charge is -2.08. The molecule has 0 aliphatic heterocycles. The van der Waals surface area contributed by atoms with Gasteiger partial charge in [0.1, 0.15) is 0 Å². The first kappa shape index (κ1) is 13.0. The third-order valence-corrected chi connectivity index (χ3v) is 2.85. The largest absolute Gasteiger partial charge is 0.504 e. The Morgan fingerprint density at radius 1 is 1.16 bits per heavy atom. The molecule has 0 radical (unpaired) electrons. The van der Waals surface area contributed by atoms with Gasteiger partial charge in [0.2, 0.25) is 0 Å². The van der Waals surface area contributed by atoms with Crippen molar-refractivity contribution in [1.29, 1.82) is 0 Å². The molecule has 0 bridgehead atoms. The van der Waals surface area contributed by atoms with Gasteiger partial charge in [-0.1, -0.05) is 25.1 Å². The van der Waals surface area contributed by atoms with E-state index in [1.807, 2.05) is 25.1 Å². The van der Waals surface area contributed by atoms with Crippen molar-refractivity contribution >= 4 is 11.6 Å². The SMILES string of the molecule is CCc1cccc(NC(=O)c2cccc(O)c2O)c1. The van der Waals surface area contributed by atoms with Gasteiger partial charge in [-0.15, -0.1) is 0 Å². The van der Waals surface area contributed by atoms with Gasteiger partial charge in [0.25, 0.3) is 5.91 Å². The van der Waals surface area contributed by atoms with Gasteiger partial charge >= 0.3 is 0 Å². The first-order chi connectivity index (χ1) is 9.11. The van der Waals surface area contributed by atoms with Gasteiger partial charge < -0.3 is 15.5 Å². The quantitative estimate of drug-likeness (QED) is 0.740. The Labute approximate surface area is 111 Å². The van der Waals surface area contributed by atoms with E-state index in [0.717, 1.165) is 12.0 Å². The summed E-state index contributed by atoms with van der Waals surface area (Å²) in [5.74, 6) is -1.18. The lowest BCUT2D eigenvalue weighted by Crippen LogP contribution is -2.12. The number of amides is 1. The van der Waals surface area contributed by atoms with Crippen molar-refractivity contribution in [2.45, 2.75) is 13.3 Å². The zero-order valence-electron chi connectivity index (χ0n) is 10.6. The summed E-state index contributed by atoms with van der Waals surface area (Å²) in [4.78, 5) is 12.0. The van der Waals surface area contributed by atoms with Crippen LogP contribution in [0.4, 0.5) is 5.69 Å². The van der Waals surface area contributed by atoms with Crippen molar-refractivity contribution in [2.75, 3.05) is 5.32 Å². The Kier molecular flexibility index (Phi) is 3.71. The molecule has 4 heteroatoms. The van der Waals surface area contributed by atoms with Gasteiger partial charge in [-0.2, -0.15) is 0 Å². The molecule has 0 aromatic heterocycles. The number of phenolic OH excluding ortho intramolecular Hbond substituents is 2. The molecule has 0 heterocycles. The third kappa shape index (κ3) is 2.85. The Hall–Kier alpha value is -2.49. The average molecular weight is 257 g/mol. The molecule has 3 N–H and O–H groups in total. The Morgan fingerprint density at radius 2 is 1.89 bits per heavy atom. The van der Waals surface area contributed by atoms with Gasteiger partial charge in [0.15, 0.2) is 11.5 Å². The number of hydrogen-bond acceptors (Lipinski definition) is 3. The monoisotopic (exact) mass is 257 g/mol. The van der Waals surface area contributed by atoms with Gasteiger partial charge in [-0.3, -0.25) is 4.79 Å². The van der Waals surface area contributed by atoms with E-state index in [2.05, 4.69) is 5.32 Å². The van der Waals surface area contributed by atoms with Crippen LogP contribution in [0.3, 0.4) is 0 Å². The highest BCUT2D eigenvalue weighted by Gasteiger charge is 2.13. The number of para-hydroxylation sites is 1. The van der Waals surface area contributed by atoms with Crippen LogP contribution < -0.4 is 5.32 Å². The second-order valence-corrected chi connectivity index (χ2v) is 4.18. The van der Waals surface area contributed by atoms with Crippen LogP contribution in [0.25, 0.3) is 0 Å². The van der Waals surface area contributed by atoms with Gasteiger partial charge in [-0.05, 0) is 36.2 Å². The van der Waals surface area contributed by atoms with Gasteiger partial charge in [-0.25, -0.2) is 0 Å². The molecule has 2 aromatic carbocycles. The van der Waals surface area contributed by atoms with Crippen LogP contribution in [-0.4, -0.2) is 16.1 Å². The van der Waals surface area contributed by atoms with E-state index in [9.17, 15) is 15.0 Å². The van der Waals surface area contributed by atoms with Gasteiger partial charge in [0, 0.05) is 5.69 Å². The van der Waals surface area contributed by atoms with Crippen LogP contribution in [0.2, 0.25) is 0 Å². The highest BCUT2D eigenvalue weighted by atomic mass is 16.3. The predicted octanol–water partition coefficient (Wildman–Crippen LogP) is 2.91. The molecule has 0 saturated heterocycles. The minimum Gasteiger partial charge on any atom is -0.504 e. The molecule has 2 aromatic rings. The number of benzene rings is 2. The number of anilines is 1. The van der Waals surface area contributed by atoms with Crippen molar-refractivity contribution in [3.63, 3.8) is 0 Å². The number of carbonyl (C=O) groups is 1. The number of aryl methyl sites for hydroxylation is 1.